The molecule has 186 valence electrons. The molecule has 2 unspecified atom stereocenters. The summed E-state index contributed by atoms with van der Waals surface area (Å²) >= 11 is 0. The Hall–Kier alpha value is -3.12. The van der Waals surface area contributed by atoms with Crippen molar-refractivity contribution < 1.29 is 17.9 Å². The Morgan fingerprint density at radius 3 is 2.51 bits per heavy atom. The predicted molar refractivity (Wildman–Crippen MR) is 128 cm³/mol. The fourth-order valence-electron chi connectivity index (χ4n) is 4.64. The number of hydrogen-bond donors (Lipinski definition) is 1. The van der Waals surface area contributed by atoms with E-state index in [0.717, 1.165) is 31.4 Å². The standard InChI is InChI=1S/C23H29N7O4S/c1-14-12-25-18(13-24-14)20(34-4)15(2)35(31,32)29-22-28-27-21(17-6-5-7-19(26-17)33-3)30(22)23(10-11-23)16-8-9-16/h5-7,12-13,15-16,20H,8-11H2,1-4H3,(H,28,29). The molecule has 2 aliphatic rings. The average Bonchev–Trinajstić information content (AvgIpc) is 3.78. The number of methoxy groups -OCH3 is 2. The van der Waals surface area contributed by atoms with E-state index in [1.165, 1.54) is 13.3 Å². The van der Waals surface area contributed by atoms with Gasteiger partial charge in [0.1, 0.15) is 17.0 Å². The monoisotopic (exact) mass is 499 g/mol. The predicted octanol–water partition coefficient (Wildman–Crippen LogP) is 2.86. The second-order valence-electron chi connectivity index (χ2n) is 9.22. The van der Waals surface area contributed by atoms with E-state index in [-0.39, 0.29) is 11.5 Å². The number of nitrogens with zero attached hydrogens (tertiary/aromatic N) is 6. The SMILES string of the molecule is COc1cccc(-c2nnc(NS(=O)(=O)C(C)C(OC)c3cnc(C)cn3)n2C2(C3CC3)CC2)n1. The van der Waals surface area contributed by atoms with Crippen LogP contribution in [0.15, 0.2) is 30.6 Å². The zero-order valence-electron chi connectivity index (χ0n) is 20.2. The van der Waals surface area contributed by atoms with Gasteiger partial charge in [-0.3, -0.25) is 19.3 Å². The minimum atomic E-state index is -3.94. The molecule has 3 aromatic heterocycles. The number of rotatable bonds is 10. The van der Waals surface area contributed by atoms with Crippen LogP contribution in [0.5, 0.6) is 5.88 Å². The highest BCUT2D eigenvalue weighted by Crippen LogP contribution is 2.61. The van der Waals surface area contributed by atoms with Gasteiger partial charge in [0.25, 0.3) is 0 Å². The van der Waals surface area contributed by atoms with Crippen molar-refractivity contribution in [3.05, 3.63) is 42.0 Å². The minimum absolute atomic E-state index is 0.186. The largest absolute Gasteiger partial charge is 0.481 e. The van der Waals surface area contributed by atoms with Crippen LogP contribution in [-0.4, -0.2) is 57.6 Å². The highest BCUT2D eigenvalue weighted by atomic mass is 32.2. The van der Waals surface area contributed by atoms with Crippen molar-refractivity contribution >= 4 is 16.0 Å². The number of nitrogens with one attached hydrogen (secondary N) is 1. The lowest BCUT2D eigenvalue weighted by Gasteiger charge is -2.25. The second-order valence-corrected chi connectivity index (χ2v) is 11.3. The summed E-state index contributed by atoms with van der Waals surface area (Å²) in [4.78, 5) is 13.1. The van der Waals surface area contributed by atoms with Gasteiger partial charge in [-0.15, -0.1) is 10.2 Å². The summed E-state index contributed by atoms with van der Waals surface area (Å²) in [7, 11) is -0.928. The van der Waals surface area contributed by atoms with Crippen LogP contribution in [0.25, 0.3) is 11.5 Å². The number of anilines is 1. The third-order valence-electron chi connectivity index (χ3n) is 6.87. The summed E-state index contributed by atoms with van der Waals surface area (Å²) in [5, 5.41) is 7.68. The number of sulfonamides is 1. The highest BCUT2D eigenvalue weighted by molar-refractivity contribution is 7.93. The van der Waals surface area contributed by atoms with Crippen LogP contribution < -0.4 is 9.46 Å². The van der Waals surface area contributed by atoms with Gasteiger partial charge in [0.2, 0.25) is 21.9 Å². The summed E-state index contributed by atoms with van der Waals surface area (Å²) in [6.07, 6.45) is 6.40. The lowest BCUT2D eigenvalue weighted by Crippen LogP contribution is -2.34. The van der Waals surface area contributed by atoms with Gasteiger partial charge in [0.15, 0.2) is 5.82 Å². The van der Waals surface area contributed by atoms with Crippen LogP contribution in [0.1, 0.15) is 50.1 Å². The van der Waals surface area contributed by atoms with Crippen LogP contribution in [-0.2, 0) is 20.3 Å². The zero-order chi connectivity index (χ0) is 24.8. The van der Waals surface area contributed by atoms with E-state index < -0.39 is 21.4 Å². The smallest absolute Gasteiger partial charge is 0.240 e. The molecule has 12 heteroatoms. The summed E-state index contributed by atoms with van der Waals surface area (Å²) in [5.74, 6) is 1.63. The Morgan fingerprint density at radius 1 is 1.14 bits per heavy atom. The van der Waals surface area contributed by atoms with Gasteiger partial charge in [-0.25, -0.2) is 13.4 Å². The van der Waals surface area contributed by atoms with E-state index in [1.807, 2.05) is 23.6 Å². The van der Waals surface area contributed by atoms with Crippen molar-refractivity contribution in [2.75, 3.05) is 18.9 Å². The van der Waals surface area contributed by atoms with E-state index >= 15 is 0 Å². The summed E-state index contributed by atoms with van der Waals surface area (Å²) in [6, 6.07) is 5.40. The molecule has 0 radical (unpaired) electrons. The van der Waals surface area contributed by atoms with Crippen LogP contribution in [0.2, 0.25) is 0 Å². The number of ether oxygens (including phenoxy) is 2. The molecular formula is C23H29N7O4S. The molecular weight excluding hydrogens is 470 g/mol. The van der Waals surface area contributed by atoms with Gasteiger partial charge < -0.3 is 9.47 Å². The Balaban J connectivity index is 1.51. The second kappa shape index (κ2) is 8.83. The van der Waals surface area contributed by atoms with Crippen LogP contribution in [0.4, 0.5) is 5.95 Å². The number of pyridine rings is 1. The third-order valence-corrected chi connectivity index (χ3v) is 8.56. The molecule has 0 bridgehead atoms. The van der Waals surface area contributed by atoms with Gasteiger partial charge >= 0.3 is 0 Å². The average molecular weight is 500 g/mol. The van der Waals surface area contributed by atoms with E-state index in [1.54, 1.807) is 26.3 Å². The molecule has 2 atom stereocenters. The quantitative estimate of drug-likeness (QED) is 0.447. The van der Waals surface area contributed by atoms with Crippen LogP contribution >= 0.6 is 0 Å². The summed E-state index contributed by atoms with van der Waals surface area (Å²) in [5.41, 5.74) is 1.55. The maximum absolute atomic E-state index is 13.5. The molecule has 3 heterocycles. The first-order valence-electron chi connectivity index (χ1n) is 11.6. The molecule has 5 rings (SSSR count). The first kappa shape index (κ1) is 23.6. The fourth-order valence-corrected chi connectivity index (χ4v) is 5.79. The molecule has 1 N–H and O–H groups in total. The molecule has 3 aromatic rings. The Bertz CT molecular complexity index is 1320. The van der Waals surface area contributed by atoms with Crippen molar-refractivity contribution in [2.24, 2.45) is 5.92 Å². The molecule has 2 aliphatic carbocycles. The highest BCUT2D eigenvalue weighted by Gasteiger charge is 2.57. The Morgan fingerprint density at radius 2 is 1.91 bits per heavy atom. The van der Waals surface area contributed by atoms with Crippen LogP contribution in [0.3, 0.4) is 0 Å². The van der Waals surface area contributed by atoms with Gasteiger partial charge in [0, 0.05) is 19.4 Å². The lowest BCUT2D eigenvalue weighted by atomic mass is 10.1. The number of hydrogen-bond acceptors (Lipinski definition) is 9. The molecule has 0 aliphatic heterocycles. The molecule has 11 nitrogen and oxygen atoms in total. The minimum Gasteiger partial charge on any atom is -0.481 e. The fraction of sp³-hybridized carbons (Fsp3) is 0.522. The molecule has 35 heavy (non-hydrogen) atoms. The van der Waals surface area contributed by atoms with Gasteiger partial charge in [0.05, 0.1) is 30.2 Å². The maximum Gasteiger partial charge on any atom is 0.240 e. The van der Waals surface area contributed by atoms with Crippen LogP contribution in [0, 0.1) is 12.8 Å². The summed E-state index contributed by atoms with van der Waals surface area (Å²) in [6.45, 7) is 3.40. The van der Waals surface area contributed by atoms with Crippen molar-refractivity contribution in [3.8, 4) is 17.4 Å². The lowest BCUT2D eigenvalue weighted by molar-refractivity contribution is 0.0985. The van der Waals surface area contributed by atoms with Crippen molar-refractivity contribution in [1.82, 2.24) is 29.7 Å². The molecule has 2 saturated carbocycles. The molecule has 0 aromatic carbocycles. The molecule has 0 saturated heterocycles. The Labute approximate surface area is 204 Å². The first-order valence-corrected chi connectivity index (χ1v) is 13.1. The molecule has 2 fully saturated rings. The summed E-state index contributed by atoms with van der Waals surface area (Å²) < 4.78 is 42.5. The van der Waals surface area contributed by atoms with E-state index in [4.69, 9.17) is 9.47 Å². The van der Waals surface area contributed by atoms with E-state index in [9.17, 15) is 8.42 Å². The molecule has 0 spiro atoms. The van der Waals surface area contributed by atoms with Gasteiger partial charge in [-0.1, -0.05) is 6.07 Å². The first-order chi connectivity index (χ1) is 16.8. The van der Waals surface area contributed by atoms with Crippen molar-refractivity contribution in [3.63, 3.8) is 0 Å². The Kier molecular flexibility index (Phi) is 5.96. The topological polar surface area (TPSA) is 134 Å². The van der Waals surface area contributed by atoms with Gasteiger partial charge in [-0.2, -0.15) is 0 Å². The number of aryl methyl sites for hydroxylation is 1. The van der Waals surface area contributed by atoms with Gasteiger partial charge in [-0.05, 0) is 51.5 Å². The number of aromatic nitrogens is 6. The van der Waals surface area contributed by atoms with Crippen molar-refractivity contribution in [2.45, 2.75) is 56.4 Å². The van der Waals surface area contributed by atoms with Crippen molar-refractivity contribution in [1.29, 1.82) is 0 Å². The third kappa shape index (κ3) is 4.36. The zero-order valence-corrected chi connectivity index (χ0v) is 21.0. The molecule has 0 amide bonds. The van der Waals surface area contributed by atoms with E-state index in [2.05, 4.69) is 29.9 Å². The van der Waals surface area contributed by atoms with E-state index in [0.29, 0.717) is 29.0 Å². The normalized spacial score (nSPS) is 18.6. The maximum atomic E-state index is 13.5.